The van der Waals surface area contributed by atoms with Crippen molar-refractivity contribution in [1.82, 2.24) is 10.9 Å². The maximum absolute atomic E-state index is 12.3. The second-order valence-corrected chi connectivity index (χ2v) is 8.30. The van der Waals surface area contributed by atoms with Crippen molar-refractivity contribution >= 4 is 35.2 Å². The van der Waals surface area contributed by atoms with Gasteiger partial charge in [0.2, 0.25) is 5.91 Å². The molecule has 1 heterocycles. The Balaban J connectivity index is 1.63. The van der Waals surface area contributed by atoms with Crippen LogP contribution < -0.4 is 16.2 Å². The van der Waals surface area contributed by atoms with Crippen molar-refractivity contribution in [3.05, 3.63) is 59.2 Å². The fraction of sp³-hybridized carbons (Fsp3) is 0.250. The smallest absolute Gasteiger partial charge is 0.269 e. The van der Waals surface area contributed by atoms with Crippen LogP contribution in [0.5, 0.6) is 0 Å². The van der Waals surface area contributed by atoms with Crippen molar-refractivity contribution in [1.29, 1.82) is 0 Å². The van der Waals surface area contributed by atoms with E-state index in [1.54, 1.807) is 30.3 Å². The van der Waals surface area contributed by atoms with Crippen LogP contribution in [0, 0.1) is 0 Å². The van der Waals surface area contributed by atoms with Crippen LogP contribution in [-0.4, -0.2) is 23.5 Å². The number of thioether (sulfide) groups is 1. The molecule has 0 saturated carbocycles. The number of rotatable bonds is 2. The van der Waals surface area contributed by atoms with E-state index in [0.29, 0.717) is 22.6 Å². The van der Waals surface area contributed by atoms with Crippen LogP contribution in [0.3, 0.4) is 0 Å². The van der Waals surface area contributed by atoms with Gasteiger partial charge in [0, 0.05) is 16.0 Å². The number of carbonyl (C=O) groups is 3. The number of amides is 3. The molecule has 0 spiro atoms. The van der Waals surface area contributed by atoms with Crippen molar-refractivity contribution in [2.24, 2.45) is 0 Å². The Morgan fingerprint density at radius 3 is 2.19 bits per heavy atom. The first-order valence-electron chi connectivity index (χ1n) is 8.52. The highest BCUT2D eigenvalue weighted by Gasteiger charge is 2.18. The summed E-state index contributed by atoms with van der Waals surface area (Å²) in [7, 11) is 0. The highest BCUT2D eigenvalue weighted by atomic mass is 32.2. The largest absolute Gasteiger partial charge is 0.324 e. The third-order valence-corrected chi connectivity index (χ3v) is 5.25. The summed E-state index contributed by atoms with van der Waals surface area (Å²) < 4.78 is 0. The third-order valence-electron chi connectivity index (χ3n) is 4.18. The average molecular weight is 383 g/mol. The Morgan fingerprint density at radius 2 is 1.56 bits per heavy atom. The molecule has 0 bridgehead atoms. The van der Waals surface area contributed by atoms with Gasteiger partial charge in [-0.1, -0.05) is 32.9 Å². The second-order valence-electron chi connectivity index (χ2n) is 7.28. The van der Waals surface area contributed by atoms with Crippen molar-refractivity contribution in [3.8, 4) is 0 Å². The summed E-state index contributed by atoms with van der Waals surface area (Å²) >= 11 is 1.42. The van der Waals surface area contributed by atoms with Crippen LogP contribution in [0.2, 0.25) is 0 Å². The maximum atomic E-state index is 12.3. The molecule has 0 aromatic heterocycles. The first-order chi connectivity index (χ1) is 12.7. The second kappa shape index (κ2) is 7.44. The number of hydrogen-bond acceptors (Lipinski definition) is 4. The van der Waals surface area contributed by atoms with Gasteiger partial charge < -0.3 is 5.32 Å². The van der Waals surface area contributed by atoms with Gasteiger partial charge in [-0.25, -0.2) is 0 Å². The molecule has 7 heteroatoms. The zero-order valence-electron chi connectivity index (χ0n) is 15.4. The van der Waals surface area contributed by atoms with Gasteiger partial charge in [0.15, 0.2) is 0 Å². The lowest BCUT2D eigenvalue weighted by atomic mass is 9.87. The number of benzene rings is 2. The molecule has 27 heavy (non-hydrogen) atoms. The SMILES string of the molecule is CC(C)(C)c1ccc(C(=O)NNC(=O)c2ccc3c(c2)NC(=O)CS3)cc1. The molecular formula is C20H21N3O3S. The summed E-state index contributed by atoms with van der Waals surface area (Å²) in [5, 5.41) is 2.74. The van der Waals surface area contributed by atoms with E-state index in [1.807, 2.05) is 12.1 Å². The minimum atomic E-state index is -0.456. The summed E-state index contributed by atoms with van der Waals surface area (Å²) in [5.41, 5.74) is 7.35. The highest BCUT2D eigenvalue weighted by Crippen LogP contribution is 2.31. The van der Waals surface area contributed by atoms with Crippen molar-refractivity contribution in [2.75, 3.05) is 11.1 Å². The summed E-state index contributed by atoms with van der Waals surface area (Å²) in [5.74, 6) is -0.590. The van der Waals surface area contributed by atoms with Crippen LogP contribution >= 0.6 is 11.8 Å². The molecule has 0 fully saturated rings. The Labute approximate surface area is 162 Å². The van der Waals surface area contributed by atoms with E-state index in [2.05, 4.69) is 36.9 Å². The van der Waals surface area contributed by atoms with Gasteiger partial charge in [0.1, 0.15) is 0 Å². The minimum absolute atomic E-state index is 0.00335. The van der Waals surface area contributed by atoms with Gasteiger partial charge in [0.25, 0.3) is 11.8 Å². The zero-order valence-corrected chi connectivity index (χ0v) is 16.2. The van der Waals surface area contributed by atoms with E-state index in [0.717, 1.165) is 10.5 Å². The number of carbonyl (C=O) groups excluding carboxylic acids is 3. The number of anilines is 1. The van der Waals surface area contributed by atoms with Gasteiger partial charge in [-0.05, 0) is 41.3 Å². The Morgan fingerprint density at radius 1 is 0.963 bits per heavy atom. The van der Waals surface area contributed by atoms with Crippen LogP contribution in [0.25, 0.3) is 0 Å². The van der Waals surface area contributed by atoms with Crippen molar-refractivity contribution in [2.45, 2.75) is 31.1 Å². The topological polar surface area (TPSA) is 87.3 Å². The van der Waals surface area contributed by atoms with Crippen molar-refractivity contribution in [3.63, 3.8) is 0 Å². The maximum Gasteiger partial charge on any atom is 0.269 e. The normalized spacial score (nSPS) is 13.4. The molecule has 0 aliphatic carbocycles. The fourth-order valence-electron chi connectivity index (χ4n) is 2.60. The molecule has 3 N–H and O–H groups in total. The van der Waals surface area contributed by atoms with Crippen LogP contribution in [0.1, 0.15) is 47.1 Å². The number of hydrogen-bond donors (Lipinski definition) is 3. The van der Waals surface area contributed by atoms with E-state index in [1.165, 1.54) is 11.8 Å². The molecule has 0 unspecified atom stereocenters. The van der Waals surface area contributed by atoms with E-state index >= 15 is 0 Å². The predicted octanol–water partition coefficient (Wildman–Crippen LogP) is 3.10. The lowest BCUT2D eigenvalue weighted by molar-refractivity contribution is -0.113. The monoisotopic (exact) mass is 383 g/mol. The van der Waals surface area contributed by atoms with Crippen LogP contribution in [-0.2, 0) is 10.2 Å². The summed E-state index contributed by atoms with van der Waals surface area (Å²) in [6.07, 6.45) is 0. The molecule has 3 rings (SSSR count). The molecule has 0 radical (unpaired) electrons. The molecule has 0 atom stereocenters. The first-order valence-corrected chi connectivity index (χ1v) is 9.50. The average Bonchev–Trinajstić information content (AvgIpc) is 2.64. The first kappa shape index (κ1) is 19.0. The summed E-state index contributed by atoms with van der Waals surface area (Å²) in [6.45, 7) is 6.30. The molecule has 2 aromatic rings. The minimum Gasteiger partial charge on any atom is -0.324 e. The number of hydrazine groups is 1. The predicted molar refractivity (Wildman–Crippen MR) is 106 cm³/mol. The quantitative estimate of drug-likeness (QED) is 0.696. The third kappa shape index (κ3) is 4.49. The lowest BCUT2D eigenvalue weighted by Gasteiger charge is -2.19. The standard InChI is InChI=1S/C20H21N3O3S/c1-20(2,3)14-7-4-12(5-8-14)18(25)22-23-19(26)13-6-9-16-15(10-13)21-17(24)11-27-16/h4-10H,11H2,1-3H3,(H,21,24)(H,22,25)(H,23,26). The van der Waals surface area contributed by atoms with Crippen LogP contribution in [0.4, 0.5) is 5.69 Å². The Kier molecular flexibility index (Phi) is 5.23. The lowest BCUT2D eigenvalue weighted by Crippen LogP contribution is -2.41. The van der Waals surface area contributed by atoms with Gasteiger partial charge in [-0.3, -0.25) is 25.2 Å². The molecule has 3 amide bonds. The van der Waals surface area contributed by atoms with Crippen LogP contribution in [0.15, 0.2) is 47.4 Å². The fourth-order valence-corrected chi connectivity index (χ4v) is 3.39. The van der Waals surface area contributed by atoms with Crippen molar-refractivity contribution < 1.29 is 14.4 Å². The Hall–Kier alpha value is -2.80. The van der Waals surface area contributed by atoms with E-state index in [-0.39, 0.29) is 11.3 Å². The number of fused-ring (bicyclic) bond motifs is 1. The highest BCUT2D eigenvalue weighted by molar-refractivity contribution is 8.00. The van der Waals surface area contributed by atoms with Gasteiger partial charge in [0.05, 0.1) is 11.4 Å². The molecule has 1 aliphatic rings. The molecular weight excluding hydrogens is 362 g/mol. The van der Waals surface area contributed by atoms with Gasteiger partial charge in [-0.2, -0.15) is 0 Å². The zero-order chi connectivity index (χ0) is 19.6. The van der Waals surface area contributed by atoms with Gasteiger partial charge >= 0.3 is 0 Å². The molecule has 1 aliphatic heterocycles. The molecule has 140 valence electrons. The van der Waals surface area contributed by atoms with E-state index in [9.17, 15) is 14.4 Å². The molecule has 2 aromatic carbocycles. The van der Waals surface area contributed by atoms with E-state index in [4.69, 9.17) is 0 Å². The summed E-state index contributed by atoms with van der Waals surface area (Å²) in [6, 6.07) is 12.3. The van der Waals surface area contributed by atoms with Gasteiger partial charge in [-0.15, -0.1) is 11.8 Å². The molecule has 0 saturated heterocycles. The Bertz CT molecular complexity index is 902. The summed E-state index contributed by atoms with van der Waals surface area (Å²) in [4.78, 5) is 36.9. The molecule has 6 nitrogen and oxygen atoms in total. The number of nitrogens with one attached hydrogen (secondary N) is 3. The van der Waals surface area contributed by atoms with E-state index < -0.39 is 11.8 Å².